The summed E-state index contributed by atoms with van der Waals surface area (Å²) in [6.45, 7) is 0.873. The van der Waals surface area contributed by atoms with E-state index >= 15 is 0 Å². The normalized spacial score (nSPS) is 21.7. The van der Waals surface area contributed by atoms with Crippen LogP contribution in [-0.4, -0.2) is 40.2 Å². The fraction of sp³-hybridized carbons (Fsp3) is 0.333. The van der Waals surface area contributed by atoms with Crippen LogP contribution in [0.5, 0.6) is 0 Å². The predicted molar refractivity (Wildman–Crippen MR) is 84.8 cm³/mol. The number of hydrogen-bond acceptors (Lipinski definition) is 5. The first-order valence-corrected chi connectivity index (χ1v) is 8.79. The van der Waals surface area contributed by atoms with Gasteiger partial charge in [0.05, 0.1) is 6.54 Å². The third-order valence-corrected chi connectivity index (χ3v) is 5.59. The number of thiazole rings is 1. The van der Waals surface area contributed by atoms with Crippen LogP contribution < -0.4 is 0 Å². The summed E-state index contributed by atoms with van der Waals surface area (Å²) in [5.41, 5.74) is 0.389. The van der Waals surface area contributed by atoms with Crippen molar-refractivity contribution >= 4 is 29.0 Å². The number of rotatable bonds is 3. The zero-order valence-electron chi connectivity index (χ0n) is 11.7. The molecule has 2 heterocycles. The molecule has 1 unspecified atom stereocenters. The van der Waals surface area contributed by atoms with Crippen molar-refractivity contribution in [1.29, 1.82) is 0 Å². The Morgan fingerprint density at radius 2 is 2.19 bits per heavy atom. The number of nitrogens with zero attached hydrogens (tertiary/aromatic N) is 2. The molecule has 0 saturated carbocycles. The van der Waals surface area contributed by atoms with Crippen molar-refractivity contribution in [2.45, 2.75) is 16.4 Å². The zero-order valence-corrected chi connectivity index (χ0v) is 13.3. The second kappa shape index (κ2) is 5.79. The highest BCUT2D eigenvalue weighted by Gasteiger charge is 2.40. The molecule has 1 aliphatic rings. The van der Waals surface area contributed by atoms with Crippen LogP contribution >= 0.6 is 23.1 Å². The van der Waals surface area contributed by atoms with Gasteiger partial charge in [-0.05, 0) is 18.2 Å². The lowest BCUT2D eigenvalue weighted by Gasteiger charge is -2.23. The Labute approximate surface area is 131 Å². The van der Waals surface area contributed by atoms with Gasteiger partial charge in [0.25, 0.3) is 5.91 Å². The monoisotopic (exact) mass is 320 g/mol. The number of aliphatic hydroxyl groups is 1. The molecule has 6 heteroatoms. The van der Waals surface area contributed by atoms with Gasteiger partial charge in [-0.2, -0.15) is 0 Å². The lowest BCUT2D eigenvalue weighted by atomic mass is 9.93. The number of benzene rings is 1. The van der Waals surface area contributed by atoms with E-state index in [0.717, 1.165) is 9.90 Å². The van der Waals surface area contributed by atoms with Gasteiger partial charge in [-0.1, -0.05) is 42.1 Å². The fourth-order valence-corrected chi connectivity index (χ4v) is 3.80. The molecule has 1 amide bonds. The highest BCUT2D eigenvalue weighted by molar-refractivity contribution is 8.00. The molecular formula is C15H16N2O2S2. The third-order valence-electron chi connectivity index (χ3n) is 3.72. The summed E-state index contributed by atoms with van der Waals surface area (Å²) in [6, 6.07) is 9.54. The van der Waals surface area contributed by atoms with Crippen LogP contribution in [0.2, 0.25) is 0 Å². The summed E-state index contributed by atoms with van der Waals surface area (Å²) in [7, 11) is 0. The number of likely N-dealkylation sites (tertiary alicyclic amines) is 1. The number of β-amino-alcohol motifs (C(OH)–C–C–N with tert-alkyl or cyclic N) is 1. The molecular weight excluding hydrogens is 304 g/mol. The second-order valence-electron chi connectivity index (χ2n) is 5.08. The van der Waals surface area contributed by atoms with Crippen molar-refractivity contribution in [3.8, 4) is 0 Å². The fourth-order valence-electron chi connectivity index (χ4n) is 2.56. The van der Waals surface area contributed by atoms with Crippen molar-refractivity contribution in [3.63, 3.8) is 0 Å². The van der Waals surface area contributed by atoms with Gasteiger partial charge in [0.15, 0.2) is 0 Å². The SMILES string of the molecule is CSc1nc(C(=O)N2CCC(O)(c3ccccc3)C2)cs1. The Morgan fingerprint density at radius 1 is 1.43 bits per heavy atom. The van der Waals surface area contributed by atoms with E-state index in [1.54, 1.807) is 10.3 Å². The van der Waals surface area contributed by atoms with Crippen molar-refractivity contribution in [2.75, 3.05) is 19.3 Å². The highest BCUT2D eigenvalue weighted by Crippen LogP contribution is 2.32. The molecule has 2 aromatic rings. The highest BCUT2D eigenvalue weighted by atomic mass is 32.2. The van der Waals surface area contributed by atoms with Crippen molar-refractivity contribution in [3.05, 3.63) is 47.0 Å². The van der Waals surface area contributed by atoms with E-state index in [9.17, 15) is 9.90 Å². The van der Waals surface area contributed by atoms with Gasteiger partial charge in [-0.25, -0.2) is 4.98 Å². The summed E-state index contributed by atoms with van der Waals surface area (Å²) >= 11 is 3.01. The maximum Gasteiger partial charge on any atom is 0.273 e. The summed E-state index contributed by atoms with van der Waals surface area (Å²) < 4.78 is 0.885. The van der Waals surface area contributed by atoms with Crippen LogP contribution in [0, 0.1) is 0 Å². The van der Waals surface area contributed by atoms with E-state index in [2.05, 4.69) is 4.98 Å². The first-order valence-electron chi connectivity index (χ1n) is 6.69. The minimum atomic E-state index is -0.949. The molecule has 4 nitrogen and oxygen atoms in total. The smallest absolute Gasteiger partial charge is 0.273 e. The average molecular weight is 320 g/mol. The van der Waals surface area contributed by atoms with Crippen LogP contribution in [0.15, 0.2) is 40.1 Å². The molecule has 1 aromatic heterocycles. The molecule has 0 radical (unpaired) electrons. The summed E-state index contributed by atoms with van der Waals surface area (Å²) in [5, 5.41) is 12.6. The molecule has 1 atom stereocenters. The van der Waals surface area contributed by atoms with E-state index < -0.39 is 5.60 Å². The second-order valence-corrected chi connectivity index (χ2v) is 6.99. The van der Waals surface area contributed by atoms with E-state index in [1.165, 1.54) is 23.1 Å². The summed E-state index contributed by atoms with van der Waals surface area (Å²) in [4.78, 5) is 18.4. The lowest BCUT2D eigenvalue weighted by Crippen LogP contribution is -2.34. The number of amides is 1. The van der Waals surface area contributed by atoms with Gasteiger partial charge in [-0.3, -0.25) is 4.79 Å². The minimum Gasteiger partial charge on any atom is -0.383 e. The number of aromatic nitrogens is 1. The van der Waals surface area contributed by atoms with Gasteiger partial charge in [0, 0.05) is 11.9 Å². The van der Waals surface area contributed by atoms with E-state index in [1.807, 2.05) is 36.6 Å². The first kappa shape index (κ1) is 14.6. The Morgan fingerprint density at radius 3 is 2.86 bits per heavy atom. The zero-order chi connectivity index (χ0) is 14.9. The number of carbonyl (C=O) groups is 1. The van der Waals surface area contributed by atoms with Crippen molar-refractivity contribution < 1.29 is 9.90 Å². The van der Waals surface area contributed by atoms with Gasteiger partial charge in [-0.15, -0.1) is 11.3 Å². The Kier molecular flexibility index (Phi) is 4.01. The van der Waals surface area contributed by atoms with Gasteiger partial charge in [0.1, 0.15) is 15.6 Å². The van der Waals surface area contributed by atoms with Crippen LogP contribution in [0.25, 0.3) is 0 Å². The summed E-state index contributed by atoms with van der Waals surface area (Å²) in [5.74, 6) is -0.0987. The Bertz CT molecular complexity index is 644. The number of carbonyl (C=O) groups excluding carboxylic acids is 1. The van der Waals surface area contributed by atoms with Crippen LogP contribution in [0.4, 0.5) is 0 Å². The minimum absolute atomic E-state index is 0.0987. The first-order chi connectivity index (χ1) is 10.1. The quantitative estimate of drug-likeness (QED) is 0.883. The average Bonchev–Trinajstić information content (AvgIpc) is 3.15. The molecule has 0 bridgehead atoms. The molecule has 1 aliphatic heterocycles. The molecule has 21 heavy (non-hydrogen) atoms. The lowest BCUT2D eigenvalue weighted by molar-refractivity contribution is 0.0416. The number of thioether (sulfide) groups is 1. The molecule has 1 fully saturated rings. The largest absolute Gasteiger partial charge is 0.383 e. The molecule has 3 rings (SSSR count). The van der Waals surface area contributed by atoms with Gasteiger partial charge in [0.2, 0.25) is 0 Å². The molecule has 110 valence electrons. The summed E-state index contributed by atoms with van der Waals surface area (Å²) in [6.07, 6.45) is 2.50. The standard InChI is InChI=1S/C15H16N2O2S2/c1-20-14-16-12(9-21-14)13(18)17-8-7-15(19,10-17)11-5-3-2-4-6-11/h2-6,9,19H,7-8,10H2,1H3. The molecule has 1 aromatic carbocycles. The van der Waals surface area contributed by atoms with Crippen LogP contribution in [-0.2, 0) is 5.60 Å². The maximum absolute atomic E-state index is 12.4. The van der Waals surface area contributed by atoms with Gasteiger partial charge < -0.3 is 10.0 Å². The van der Waals surface area contributed by atoms with Gasteiger partial charge >= 0.3 is 0 Å². The molecule has 1 saturated heterocycles. The van der Waals surface area contributed by atoms with Crippen LogP contribution in [0.1, 0.15) is 22.5 Å². The topological polar surface area (TPSA) is 53.4 Å². The number of hydrogen-bond donors (Lipinski definition) is 1. The van der Waals surface area contributed by atoms with E-state index in [-0.39, 0.29) is 5.91 Å². The molecule has 0 aliphatic carbocycles. The van der Waals surface area contributed by atoms with E-state index in [4.69, 9.17) is 0 Å². The van der Waals surface area contributed by atoms with Crippen molar-refractivity contribution in [1.82, 2.24) is 9.88 Å². The Balaban J connectivity index is 1.76. The molecule has 1 N–H and O–H groups in total. The van der Waals surface area contributed by atoms with Crippen LogP contribution in [0.3, 0.4) is 0 Å². The van der Waals surface area contributed by atoms with E-state index in [0.29, 0.717) is 25.2 Å². The van der Waals surface area contributed by atoms with Crippen molar-refractivity contribution in [2.24, 2.45) is 0 Å². The Hall–Kier alpha value is -1.37. The third kappa shape index (κ3) is 2.84. The predicted octanol–water partition coefficient (Wildman–Crippen LogP) is 2.60. The maximum atomic E-state index is 12.4. The molecule has 0 spiro atoms.